The molecule has 0 radical (unpaired) electrons. The molecule has 2 rings (SSSR count). The number of halogens is 1. The Kier molecular flexibility index (Phi) is 4.06. The van der Waals surface area contributed by atoms with Gasteiger partial charge in [0, 0.05) is 10.0 Å². The molecule has 0 aliphatic carbocycles. The molecule has 2 aromatic carbocycles. The summed E-state index contributed by atoms with van der Waals surface area (Å²) in [6.07, 6.45) is 0. The van der Waals surface area contributed by atoms with E-state index >= 15 is 0 Å². The van der Waals surface area contributed by atoms with Crippen molar-refractivity contribution in [1.29, 1.82) is 0 Å². The van der Waals surface area contributed by atoms with Gasteiger partial charge in [0.1, 0.15) is 12.4 Å². The van der Waals surface area contributed by atoms with Gasteiger partial charge >= 0.3 is 5.97 Å². The van der Waals surface area contributed by atoms with E-state index in [1.807, 2.05) is 24.3 Å². The van der Waals surface area contributed by atoms with Crippen molar-refractivity contribution in [2.45, 2.75) is 6.61 Å². The molecule has 5 heteroatoms. The summed E-state index contributed by atoms with van der Waals surface area (Å²) >= 11 is 3.42. The smallest absolute Gasteiger partial charge is 0.337 e. The zero-order chi connectivity index (χ0) is 13.8. The highest BCUT2D eigenvalue weighted by Crippen LogP contribution is 2.27. The second kappa shape index (κ2) is 5.75. The van der Waals surface area contributed by atoms with Crippen LogP contribution in [0.15, 0.2) is 46.9 Å². The maximum Gasteiger partial charge on any atom is 0.337 e. The second-order valence-electron chi connectivity index (χ2n) is 3.90. The van der Waals surface area contributed by atoms with E-state index in [0.29, 0.717) is 12.4 Å². The predicted octanol–water partition coefficient (Wildman–Crippen LogP) is 3.31. The summed E-state index contributed by atoms with van der Waals surface area (Å²) in [6.45, 7) is 0.314. The summed E-state index contributed by atoms with van der Waals surface area (Å²) in [5.41, 5.74) is 6.92. The Morgan fingerprint density at radius 3 is 2.63 bits per heavy atom. The van der Waals surface area contributed by atoms with Crippen LogP contribution in [-0.2, 0) is 6.61 Å². The minimum absolute atomic E-state index is 0.0460. The normalized spacial score (nSPS) is 10.2. The molecule has 0 saturated carbocycles. The van der Waals surface area contributed by atoms with E-state index in [4.69, 9.17) is 15.6 Å². The zero-order valence-electron chi connectivity index (χ0n) is 9.97. The number of ether oxygens (including phenoxy) is 1. The molecule has 98 valence electrons. The molecule has 4 nitrogen and oxygen atoms in total. The summed E-state index contributed by atoms with van der Waals surface area (Å²) in [4.78, 5) is 11.0. The summed E-state index contributed by atoms with van der Waals surface area (Å²) in [5.74, 6) is -0.695. The third-order valence-corrected chi connectivity index (χ3v) is 3.41. The van der Waals surface area contributed by atoms with E-state index < -0.39 is 5.97 Å². The Morgan fingerprint density at radius 1 is 1.21 bits per heavy atom. The number of hydrogen-bond acceptors (Lipinski definition) is 3. The molecular weight excluding hydrogens is 310 g/mol. The minimum Gasteiger partial charge on any atom is -0.487 e. The third kappa shape index (κ3) is 3.06. The Morgan fingerprint density at radius 2 is 1.95 bits per heavy atom. The first-order valence-electron chi connectivity index (χ1n) is 5.57. The van der Waals surface area contributed by atoms with Crippen LogP contribution in [-0.4, -0.2) is 11.1 Å². The van der Waals surface area contributed by atoms with Gasteiger partial charge in [0.05, 0.1) is 11.3 Å². The lowest BCUT2D eigenvalue weighted by atomic mass is 10.1. The fourth-order valence-electron chi connectivity index (χ4n) is 1.63. The van der Waals surface area contributed by atoms with Crippen LogP contribution in [0.5, 0.6) is 5.75 Å². The molecule has 0 aliphatic heterocycles. The number of hydrogen-bond donors (Lipinski definition) is 2. The van der Waals surface area contributed by atoms with Crippen LogP contribution in [0.4, 0.5) is 5.69 Å². The van der Waals surface area contributed by atoms with E-state index in [0.717, 1.165) is 10.0 Å². The van der Waals surface area contributed by atoms with Crippen molar-refractivity contribution in [3.05, 3.63) is 58.1 Å². The molecule has 2 aromatic rings. The molecule has 0 amide bonds. The van der Waals surface area contributed by atoms with Gasteiger partial charge < -0.3 is 15.6 Å². The fraction of sp³-hybridized carbons (Fsp3) is 0.0714. The number of anilines is 1. The Bertz CT molecular complexity index is 613. The first-order valence-corrected chi connectivity index (χ1v) is 6.37. The Balaban J connectivity index is 2.19. The highest BCUT2D eigenvalue weighted by molar-refractivity contribution is 9.10. The SMILES string of the molecule is Nc1c(OCc2ccccc2Br)cccc1C(=O)O. The molecule has 0 saturated heterocycles. The van der Waals surface area contributed by atoms with Gasteiger partial charge in [0.2, 0.25) is 0 Å². The summed E-state index contributed by atoms with van der Waals surface area (Å²) in [5, 5.41) is 8.98. The highest BCUT2D eigenvalue weighted by Gasteiger charge is 2.12. The first kappa shape index (κ1) is 13.4. The largest absolute Gasteiger partial charge is 0.487 e. The van der Waals surface area contributed by atoms with Crippen molar-refractivity contribution in [1.82, 2.24) is 0 Å². The van der Waals surface area contributed by atoms with Gasteiger partial charge in [-0.1, -0.05) is 40.2 Å². The number of aromatic carboxylic acids is 1. The monoisotopic (exact) mass is 321 g/mol. The van der Waals surface area contributed by atoms with Crippen LogP contribution >= 0.6 is 15.9 Å². The standard InChI is InChI=1S/C14H12BrNO3/c15-11-6-2-1-4-9(11)8-19-12-7-3-5-10(13(12)16)14(17)18/h1-7H,8,16H2,(H,17,18). The maximum atomic E-state index is 11.0. The van der Waals surface area contributed by atoms with Crippen molar-refractivity contribution in [3.63, 3.8) is 0 Å². The van der Waals surface area contributed by atoms with E-state index in [1.165, 1.54) is 6.07 Å². The van der Waals surface area contributed by atoms with Crippen LogP contribution in [0.1, 0.15) is 15.9 Å². The number of benzene rings is 2. The quantitative estimate of drug-likeness (QED) is 0.847. The Hall–Kier alpha value is -2.01. The van der Waals surface area contributed by atoms with Gasteiger partial charge in [-0.2, -0.15) is 0 Å². The molecule has 19 heavy (non-hydrogen) atoms. The van der Waals surface area contributed by atoms with Gasteiger partial charge in [-0.05, 0) is 18.2 Å². The molecular formula is C14H12BrNO3. The summed E-state index contributed by atoms with van der Waals surface area (Å²) in [6, 6.07) is 12.3. The second-order valence-corrected chi connectivity index (χ2v) is 4.76. The molecule has 0 heterocycles. The van der Waals surface area contributed by atoms with Gasteiger partial charge in [0.15, 0.2) is 0 Å². The number of rotatable bonds is 4. The zero-order valence-corrected chi connectivity index (χ0v) is 11.6. The van der Waals surface area contributed by atoms with Crippen LogP contribution in [0, 0.1) is 0 Å². The lowest BCUT2D eigenvalue weighted by molar-refractivity contribution is 0.0697. The van der Waals surface area contributed by atoms with Crippen molar-refractivity contribution >= 4 is 27.6 Å². The molecule has 3 N–H and O–H groups in total. The van der Waals surface area contributed by atoms with Crippen LogP contribution in [0.2, 0.25) is 0 Å². The number of carboxylic acid groups (broad SMARTS) is 1. The first-order chi connectivity index (χ1) is 9.09. The van der Waals surface area contributed by atoms with Crippen LogP contribution in [0.25, 0.3) is 0 Å². The van der Waals surface area contributed by atoms with Gasteiger partial charge in [-0.3, -0.25) is 0 Å². The summed E-state index contributed by atoms with van der Waals surface area (Å²) in [7, 11) is 0. The number of carboxylic acids is 1. The molecule has 0 bridgehead atoms. The van der Waals surface area contributed by atoms with E-state index in [9.17, 15) is 4.79 Å². The molecule has 0 unspecified atom stereocenters. The third-order valence-electron chi connectivity index (χ3n) is 2.64. The van der Waals surface area contributed by atoms with Crippen molar-refractivity contribution in [2.24, 2.45) is 0 Å². The summed E-state index contributed by atoms with van der Waals surface area (Å²) < 4.78 is 6.51. The average Bonchev–Trinajstić information content (AvgIpc) is 2.39. The highest BCUT2D eigenvalue weighted by atomic mass is 79.9. The molecule has 0 aliphatic rings. The molecule has 0 atom stereocenters. The van der Waals surface area contributed by atoms with Crippen molar-refractivity contribution in [3.8, 4) is 5.75 Å². The van der Waals surface area contributed by atoms with Crippen LogP contribution < -0.4 is 10.5 Å². The van der Waals surface area contributed by atoms with E-state index in [2.05, 4.69) is 15.9 Å². The van der Waals surface area contributed by atoms with Gasteiger partial charge in [0.25, 0.3) is 0 Å². The lowest BCUT2D eigenvalue weighted by Gasteiger charge is -2.11. The van der Waals surface area contributed by atoms with E-state index in [-0.39, 0.29) is 11.3 Å². The van der Waals surface area contributed by atoms with Crippen molar-refractivity contribution in [2.75, 3.05) is 5.73 Å². The number of nitrogens with two attached hydrogens (primary N) is 1. The van der Waals surface area contributed by atoms with Crippen molar-refractivity contribution < 1.29 is 14.6 Å². The van der Waals surface area contributed by atoms with Crippen LogP contribution in [0.3, 0.4) is 0 Å². The van der Waals surface area contributed by atoms with E-state index in [1.54, 1.807) is 12.1 Å². The predicted molar refractivity (Wildman–Crippen MR) is 76.3 cm³/mol. The Labute approximate surface area is 118 Å². The lowest BCUT2D eigenvalue weighted by Crippen LogP contribution is -2.05. The molecule has 0 spiro atoms. The van der Waals surface area contributed by atoms with Gasteiger partial charge in [-0.25, -0.2) is 4.79 Å². The fourth-order valence-corrected chi connectivity index (χ4v) is 2.03. The number of carbonyl (C=O) groups is 1. The topological polar surface area (TPSA) is 72.5 Å². The number of para-hydroxylation sites is 1. The molecule has 0 fully saturated rings. The average molecular weight is 322 g/mol. The molecule has 0 aromatic heterocycles. The number of nitrogen functional groups attached to an aromatic ring is 1. The van der Waals surface area contributed by atoms with Gasteiger partial charge in [-0.15, -0.1) is 0 Å². The minimum atomic E-state index is -1.07. The maximum absolute atomic E-state index is 11.0.